The summed E-state index contributed by atoms with van der Waals surface area (Å²) in [5, 5.41) is 3.91. The van der Waals surface area contributed by atoms with Crippen LogP contribution in [-0.2, 0) is 11.2 Å². The Morgan fingerprint density at radius 2 is 2.10 bits per heavy atom. The molecule has 4 nitrogen and oxygen atoms in total. The predicted molar refractivity (Wildman–Crippen MR) is 81.4 cm³/mol. The first-order valence-electron chi connectivity index (χ1n) is 6.36. The summed E-state index contributed by atoms with van der Waals surface area (Å²) in [5.74, 6) is 0.384. The summed E-state index contributed by atoms with van der Waals surface area (Å²) in [6.07, 6.45) is 2.65. The molecule has 0 saturated heterocycles. The van der Waals surface area contributed by atoms with Gasteiger partial charge in [0.15, 0.2) is 6.61 Å². The molecule has 0 spiro atoms. The van der Waals surface area contributed by atoms with E-state index in [0.717, 1.165) is 11.3 Å². The van der Waals surface area contributed by atoms with E-state index in [1.54, 1.807) is 29.7 Å². The van der Waals surface area contributed by atoms with Crippen LogP contribution in [0.4, 0.5) is 0 Å². The lowest BCUT2D eigenvalue weighted by Gasteiger charge is -2.03. The van der Waals surface area contributed by atoms with Gasteiger partial charge in [0.2, 0.25) is 0 Å². The molecule has 0 unspecified atom stereocenters. The smallest absolute Gasteiger partial charge is 0.277 e. The maximum atomic E-state index is 11.5. The van der Waals surface area contributed by atoms with Gasteiger partial charge in [-0.15, -0.1) is 11.3 Å². The molecule has 5 heteroatoms. The molecule has 1 amide bonds. The number of nitrogens with zero attached hydrogens (tertiary/aromatic N) is 1. The largest absolute Gasteiger partial charge is 0.484 e. The van der Waals surface area contributed by atoms with Gasteiger partial charge in [-0.25, -0.2) is 5.43 Å². The number of amides is 1. The lowest BCUT2D eigenvalue weighted by Crippen LogP contribution is -2.24. The molecule has 1 N–H and O–H groups in total. The molecule has 0 aliphatic rings. The molecule has 0 bridgehead atoms. The van der Waals surface area contributed by atoms with Crippen molar-refractivity contribution in [2.45, 2.75) is 13.3 Å². The van der Waals surface area contributed by atoms with Crippen LogP contribution in [0.3, 0.4) is 0 Å². The van der Waals surface area contributed by atoms with Crippen LogP contribution in [0.1, 0.15) is 16.7 Å². The topological polar surface area (TPSA) is 50.7 Å². The molecular formula is C15H16N2O2S. The van der Waals surface area contributed by atoms with E-state index in [1.165, 1.54) is 4.88 Å². The fourth-order valence-corrected chi connectivity index (χ4v) is 2.34. The Hall–Kier alpha value is -2.14. The van der Waals surface area contributed by atoms with Crippen molar-refractivity contribution in [2.75, 3.05) is 6.61 Å². The average Bonchev–Trinajstić information content (AvgIpc) is 2.94. The van der Waals surface area contributed by atoms with Gasteiger partial charge in [-0.1, -0.05) is 25.1 Å². The zero-order valence-electron chi connectivity index (χ0n) is 11.2. The highest BCUT2D eigenvalue weighted by Crippen LogP contribution is 2.14. The van der Waals surface area contributed by atoms with Crippen LogP contribution in [-0.4, -0.2) is 18.7 Å². The maximum absolute atomic E-state index is 11.5. The van der Waals surface area contributed by atoms with E-state index in [2.05, 4.69) is 23.5 Å². The van der Waals surface area contributed by atoms with Crippen molar-refractivity contribution in [3.8, 4) is 5.75 Å². The summed E-state index contributed by atoms with van der Waals surface area (Å²) in [6, 6.07) is 13.2. The summed E-state index contributed by atoms with van der Waals surface area (Å²) < 4.78 is 5.31. The minimum atomic E-state index is -0.280. The molecule has 104 valence electrons. The fourth-order valence-electron chi connectivity index (χ4n) is 1.52. The predicted octanol–water partition coefficient (Wildman–Crippen LogP) is 2.84. The third-order valence-electron chi connectivity index (χ3n) is 2.53. The summed E-state index contributed by atoms with van der Waals surface area (Å²) >= 11 is 1.66. The molecule has 0 aliphatic carbocycles. The van der Waals surface area contributed by atoms with Gasteiger partial charge in [-0.2, -0.15) is 5.10 Å². The number of thiophene rings is 1. The van der Waals surface area contributed by atoms with E-state index in [1.807, 2.05) is 24.3 Å². The van der Waals surface area contributed by atoms with Gasteiger partial charge < -0.3 is 4.74 Å². The van der Waals surface area contributed by atoms with Crippen molar-refractivity contribution in [1.82, 2.24) is 5.43 Å². The molecule has 20 heavy (non-hydrogen) atoms. The Morgan fingerprint density at radius 3 is 2.80 bits per heavy atom. The number of hydrogen-bond donors (Lipinski definition) is 1. The zero-order chi connectivity index (χ0) is 14.2. The van der Waals surface area contributed by atoms with E-state index >= 15 is 0 Å². The number of benzene rings is 1. The Labute approximate surface area is 122 Å². The van der Waals surface area contributed by atoms with Gasteiger partial charge in [0.1, 0.15) is 5.75 Å². The molecule has 0 radical (unpaired) electrons. The first-order valence-corrected chi connectivity index (χ1v) is 7.18. The number of carbonyl (C=O) groups is 1. The van der Waals surface area contributed by atoms with Crippen LogP contribution in [0.15, 0.2) is 47.6 Å². The van der Waals surface area contributed by atoms with Crippen molar-refractivity contribution in [2.24, 2.45) is 5.10 Å². The molecule has 2 rings (SSSR count). The lowest BCUT2D eigenvalue weighted by atomic mass is 10.3. The minimum Gasteiger partial charge on any atom is -0.484 e. The van der Waals surface area contributed by atoms with Crippen molar-refractivity contribution >= 4 is 23.5 Å². The molecule has 0 aliphatic heterocycles. The van der Waals surface area contributed by atoms with Crippen LogP contribution in [0.25, 0.3) is 0 Å². The van der Waals surface area contributed by atoms with Crippen LogP contribution in [0.2, 0.25) is 0 Å². The molecule has 1 heterocycles. The van der Waals surface area contributed by atoms with Crippen LogP contribution < -0.4 is 10.2 Å². The number of hydrogen-bond acceptors (Lipinski definition) is 4. The standard InChI is InChI=1S/C15H16N2O2S/c1-2-13-8-9-14(20-13)10-16-17-15(18)11-19-12-6-4-3-5-7-12/h3-10H,2,11H2,1H3,(H,17,18). The molecule has 0 atom stereocenters. The van der Waals surface area contributed by atoms with Crippen LogP contribution in [0, 0.1) is 0 Å². The summed E-state index contributed by atoms with van der Waals surface area (Å²) in [5.41, 5.74) is 2.44. The Balaban J connectivity index is 1.74. The monoisotopic (exact) mass is 288 g/mol. The van der Waals surface area contributed by atoms with E-state index in [9.17, 15) is 4.79 Å². The van der Waals surface area contributed by atoms with Crippen molar-refractivity contribution < 1.29 is 9.53 Å². The maximum Gasteiger partial charge on any atom is 0.277 e. The first-order chi connectivity index (χ1) is 9.78. The first kappa shape index (κ1) is 14.3. The molecule has 2 aromatic rings. The number of aryl methyl sites for hydroxylation is 1. The normalized spacial score (nSPS) is 10.7. The zero-order valence-corrected chi connectivity index (χ0v) is 12.0. The van der Waals surface area contributed by atoms with Crippen molar-refractivity contribution in [3.05, 3.63) is 52.2 Å². The number of ether oxygens (including phenoxy) is 1. The molecule has 1 aromatic carbocycles. The average molecular weight is 288 g/mol. The van der Waals surface area contributed by atoms with Gasteiger partial charge >= 0.3 is 0 Å². The molecular weight excluding hydrogens is 272 g/mol. The Kier molecular flexibility index (Phi) is 5.32. The highest BCUT2D eigenvalue weighted by molar-refractivity contribution is 7.13. The second-order valence-corrected chi connectivity index (χ2v) is 5.25. The van der Waals surface area contributed by atoms with E-state index in [0.29, 0.717) is 5.75 Å². The third-order valence-corrected chi connectivity index (χ3v) is 3.69. The van der Waals surface area contributed by atoms with Gasteiger partial charge in [-0.05, 0) is 30.7 Å². The Morgan fingerprint density at radius 1 is 1.30 bits per heavy atom. The Bertz CT molecular complexity index is 579. The molecule has 0 fully saturated rings. The number of carbonyl (C=O) groups excluding carboxylic acids is 1. The van der Waals surface area contributed by atoms with Crippen LogP contribution in [0.5, 0.6) is 5.75 Å². The summed E-state index contributed by atoms with van der Waals surface area (Å²) in [7, 11) is 0. The highest BCUT2D eigenvalue weighted by atomic mass is 32.1. The number of para-hydroxylation sites is 1. The van der Waals surface area contributed by atoms with Crippen molar-refractivity contribution in [3.63, 3.8) is 0 Å². The van der Waals surface area contributed by atoms with Crippen LogP contribution >= 0.6 is 11.3 Å². The highest BCUT2D eigenvalue weighted by Gasteiger charge is 2.01. The number of rotatable bonds is 6. The number of nitrogens with one attached hydrogen (secondary N) is 1. The van der Waals surface area contributed by atoms with E-state index < -0.39 is 0 Å². The van der Waals surface area contributed by atoms with Gasteiger partial charge in [0, 0.05) is 9.75 Å². The van der Waals surface area contributed by atoms with E-state index in [4.69, 9.17) is 4.74 Å². The lowest BCUT2D eigenvalue weighted by molar-refractivity contribution is -0.123. The van der Waals surface area contributed by atoms with Gasteiger partial charge in [-0.3, -0.25) is 4.79 Å². The third kappa shape index (κ3) is 4.51. The van der Waals surface area contributed by atoms with E-state index in [-0.39, 0.29) is 12.5 Å². The second-order valence-electron chi connectivity index (χ2n) is 4.05. The fraction of sp³-hybridized carbons (Fsp3) is 0.200. The van der Waals surface area contributed by atoms with Gasteiger partial charge in [0.05, 0.1) is 6.21 Å². The SMILES string of the molecule is CCc1ccc(C=NNC(=O)COc2ccccc2)s1. The quantitative estimate of drug-likeness (QED) is 0.656. The van der Waals surface area contributed by atoms with Gasteiger partial charge in [0.25, 0.3) is 5.91 Å². The molecule has 1 aromatic heterocycles. The molecule has 0 saturated carbocycles. The minimum absolute atomic E-state index is 0.0496. The summed E-state index contributed by atoms with van der Waals surface area (Å²) in [4.78, 5) is 13.8. The second kappa shape index (κ2) is 7.45. The van der Waals surface area contributed by atoms with Crippen molar-refractivity contribution in [1.29, 1.82) is 0 Å². The summed E-state index contributed by atoms with van der Waals surface area (Å²) in [6.45, 7) is 2.06. The number of hydrazone groups is 1.